The molecule has 2 aromatic carbocycles. The average molecular weight is 298 g/mol. The van der Waals surface area contributed by atoms with E-state index in [1.807, 2.05) is 0 Å². The molecule has 2 N–H and O–H groups in total. The number of hydrogen-bond donors (Lipinski definition) is 1. The average Bonchev–Trinajstić information content (AvgIpc) is 2.37. The number of carbonyl (C=O) groups is 1. The number of halogens is 3. The van der Waals surface area contributed by atoms with Gasteiger partial charge < -0.3 is 5.73 Å². The molecule has 2 rings (SSSR count). The summed E-state index contributed by atoms with van der Waals surface area (Å²) in [5.74, 6) is -0.766. The van der Waals surface area contributed by atoms with Crippen molar-refractivity contribution in [1.82, 2.24) is 0 Å². The molecule has 0 saturated heterocycles. The predicted octanol–water partition coefficient (Wildman–Crippen LogP) is 4.14. The second-order valence-corrected chi connectivity index (χ2v) is 4.85. The Morgan fingerprint density at radius 1 is 1.16 bits per heavy atom. The largest absolute Gasteiger partial charge is 0.398 e. The molecular formula is C14H10Cl2FNO. The van der Waals surface area contributed by atoms with Crippen molar-refractivity contribution < 1.29 is 9.18 Å². The summed E-state index contributed by atoms with van der Waals surface area (Å²) in [6, 6.07) is 8.86. The van der Waals surface area contributed by atoms with Gasteiger partial charge in [0.1, 0.15) is 5.82 Å². The number of anilines is 1. The van der Waals surface area contributed by atoms with Crippen LogP contribution < -0.4 is 5.73 Å². The molecule has 19 heavy (non-hydrogen) atoms. The van der Waals surface area contributed by atoms with Crippen LogP contribution in [0.25, 0.3) is 0 Å². The van der Waals surface area contributed by atoms with Gasteiger partial charge in [-0.05, 0) is 30.3 Å². The Morgan fingerprint density at radius 2 is 1.89 bits per heavy atom. The molecule has 0 aliphatic rings. The molecule has 2 nitrogen and oxygen atoms in total. The van der Waals surface area contributed by atoms with E-state index < -0.39 is 5.82 Å². The molecule has 0 aromatic heterocycles. The van der Waals surface area contributed by atoms with Crippen LogP contribution in [0.15, 0.2) is 36.4 Å². The zero-order valence-electron chi connectivity index (χ0n) is 9.79. The first-order valence-corrected chi connectivity index (χ1v) is 6.25. The van der Waals surface area contributed by atoms with Crippen LogP contribution in [0.5, 0.6) is 0 Å². The van der Waals surface area contributed by atoms with Gasteiger partial charge in [-0.1, -0.05) is 29.3 Å². The summed E-state index contributed by atoms with van der Waals surface area (Å²) in [7, 11) is 0. The Labute approximate surface area is 119 Å². The van der Waals surface area contributed by atoms with Crippen LogP contribution in [0, 0.1) is 5.82 Å². The third-order valence-electron chi connectivity index (χ3n) is 2.72. The van der Waals surface area contributed by atoms with Gasteiger partial charge in [-0.15, -0.1) is 0 Å². The van der Waals surface area contributed by atoms with E-state index in [1.165, 1.54) is 24.3 Å². The summed E-state index contributed by atoms with van der Waals surface area (Å²) in [6.45, 7) is 0. The number of Topliss-reactive ketones (excluding diaryl/α,β-unsaturated/α-hetero) is 1. The van der Waals surface area contributed by atoms with Crippen LogP contribution in [0.1, 0.15) is 15.9 Å². The molecule has 98 valence electrons. The third kappa shape index (κ3) is 3.06. The molecule has 0 unspecified atom stereocenters. The smallest absolute Gasteiger partial charge is 0.167 e. The summed E-state index contributed by atoms with van der Waals surface area (Å²) in [5, 5.41) is 0.607. The summed E-state index contributed by atoms with van der Waals surface area (Å²) in [4.78, 5) is 12.1. The Kier molecular flexibility index (Phi) is 4.08. The van der Waals surface area contributed by atoms with Crippen molar-refractivity contribution in [2.75, 3.05) is 5.73 Å². The summed E-state index contributed by atoms with van der Waals surface area (Å²) < 4.78 is 13.6. The van der Waals surface area contributed by atoms with Crippen molar-refractivity contribution in [3.8, 4) is 0 Å². The maximum Gasteiger partial charge on any atom is 0.167 e. The molecule has 5 heteroatoms. The van der Waals surface area contributed by atoms with Crippen molar-refractivity contribution >= 4 is 34.7 Å². The lowest BCUT2D eigenvalue weighted by atomic mass is 10.0. The molecule has 0 spiro atoms. The fraction of sp³-hybridized carbons (Fsp3) is 0.0714. The van der Waals surface area contributed by atoms with Crippen molar-refractivity contribution in [3.63, 3.8) is 0 Å². The predicted molar refractivity (Wildman–Crippen MR) is 75.3 cm³/mol. The van der Waals surface area contributed by atoms with E-state index in [9.17, 15) is 9.18 Å². The monoisotopic (exact) mass is 297 g/mol. The minimum atomic E-state index is -0.497. The SMILES string of the molecule is Nc1cc(C(=O)Cc2c(F)cccc2Cl)ccc1Cl. The van der Waals surface area contributed by atoms with E-state index >= 15 is 0 Å². The Bertz CT molecular complexity index is 623. The van der Waals surface area contributed by atoms with Gasteiger partial charge in [-0.3, -0.25) is 4.79 Å². The van der Waals surface area contributed by atoms with Crippen LogP contribution in [0.3, 0.4) is 0 Å². The van der Waals surface area contributed by atoms with Gasteiger partial charge in [0.15, 0.2) is 5.78 Å². The molecule has 0 amide bonds. The first kappa shape index (κ1) is 13.8. The zero-order valence-corrected chi connectivity index (χ0v) is 11.3. The maximum absolute atomic E-state index is 13.6. The highest BCUT2D eigenvalue weighted by Crippen LogP contribution is 2.23. The summed E-state index contributed by atoms with van der Waals surface area (Å²) >= 11 is 11.7. The highest BCUT2D eigenvalue weighted by Gasteiger charge is 2.14. The fourth-order valence-corrected chi connectivity index (χ4v) is 2.03. The van der Waals surface area contributed by atoms with E-state index in [0.29, 0.717) is 16.3 Å². The summed E-state index contributed by atoms with van der Waals surface area (Å²) in [6.07, 6.45) is -0.118. The van der Waals surface area contributed by atoms with Crippen LogP contribution in [0.2, 0.25) is 10.0 Å². The molecule has 0 fully saturated rings. The molecule has 0 atom stereocenters. The number of benzene rings is 2. The van der Waals surface area contributed by atoms with E-state index in [1.54, 1.807) is 12.1 Å². The minimum Gasteiger partial charge on any atom is -0.398 e. The molecule has 0 radical (unpaired) electrons. The Morgan fingerprint density at radius 3 is 2.53 bits per heavy atom. The van der Waals surface area contributed by atoms with Crippen molar-refractivity contribution in [2.45, 2.75) is 6.42 Å². The number of nitrogens with two attached hydrogens (primary N) is 1. The van der Waals surface area contributed by atoms with Crippen LogP contribution in [0.4, 0.5) is 10.1 Å². The standard InChI is InChI=1S/C14H10Cl2FNO/c15-10-2-1-3-12(17)9(10)7-14(19)8-4-5-11(16)13(18)6-8/h1-6H,7,18H2. The van der Waals surface area contributed by atoms with Gasteiger partial charge in [0.25, 0.3) is 0 Å². The Balaban J connectivity index is 2.28. The highest BCUT2D eigenvalue weighted by molar-refractivity contribution is 6.33. The molecule has 2 aromatic rings. The molecular weight excluding hydrogens is 288 g/mol. The van der Waals surface area contributed by atoms with E-state index in [4.69, 9.17) is 28.9 Å². The number of hydrogen-bond acceptors (Lipinski definition) is 2. The minimum absolute atomic E-state index is 0.118. The number of ketones is 1. The quantitative estimate of drug-likeness (QED) is 0.683. The van der Waals surface area contributed by atoms with Gasteiger partial charge in [0.2, 0.25) is 0 Å². The second kappa shape index (κ2) is 5.59. The first-order chi connectivity index (χ1) is 8.99. The number of rotatable bonds is 3. The normalized spacial score (nSPS) is 10.5. The van der Waals surface area contributed by atoms with E-state index in [0.717, 1.165) is 0 Å². The van der Waals surface area contributed by atoms with Gasteiger partial charge in [-0.25, -0.2) is 4.39 Å². The van der Waals surface area contributed by atoms with Crippen LogP contribution in [-0.2, 0) is 6.42 Å². The molecule has 0 bridgehead atoms. The lowest BCUT2D eigenvalue weighted by Crippen LogP contribution is -2.06. The number of carbonyl (C=O) groups excluding carboxylic acids is 1. The lowest BCUT2D eigenvalue weighted by Gasteiger charge is -2.06. The topological polar surface area (TPSA) is 43.1 Å². The molecule has 0 saturated carbocycles. The lowest BCUT2D eigenvalue weighted by molar-refractivity contribution is 0.0992. The van der Waals surface area contributed by atoms with Gasteiger partial charge in [-0.2, -0.15) is 0 Å². The highest BCUT2D eigenvalue weighted by atomic mass is 35.5. The zero-order chi connectivity index (χ0) is 14.0. The van der Waals surface area contributed by atoms with Gasteiger partial charge >= 0.3 is 0 Å². The van der Waals surface area contributed by atoms with Crippen LogP contribution >= 0.6 is 23.2 Å². The van der Waals surface area contributed by atoms with E-state index in [2.05, 4.69) is 0 Å². The summed E-state index contributed by atoms with van der Waals surface area (Å²) in [5.41, 5.74) is 6.50. The molecule has 0 heterocycles. The van der Waals surface area contributed by atoms with Crippen molar-refractivity contribution in [1.29, 1.82) is 0 Å². The van der Waals surface area contributed by atoms with Crippen LogP contribution in [-0.4, -0.2) is 5.78 Å². The van der Waals surface area contributed by atoms with Crippen molar-refractivity contribution in [3.05, 3.63) is 63.4 Å². The molecule has 0 aliphatic heterocycles. The fourth-order valence-electron chi connectivity index (χ4n) is 1.68. The second-order valence-electron chi connectivity index (χ2n) is 4.04. The maximum atomic E-state index is 13.6. The first-order valence-electron chi connectivity index (χ1n) is 5.50. The Hall–Kier alpha value is -1.58. The third-order valence-corrected chi connectivity index (χ3v) is 3.42. The number of nitrogen functional groups attached to an aromatic ring is 1. The molecule has 0 aliphatic carbocycles. The van der Waals surface area contributed by atoms with Gasteiger partial charge in [0.05, 0.1) is 10.7 Å². The van der Waals surface area contributed by atoms with E-state index in [-0.39, 0.29) is 22.8 Å². The van der Waals surface area contributed by atoms with Crippen molar-refractivity contribution in [2.24, 2.45) is 0 Å². The van der Waals surface area contributed by atoms with Gasteiger partial charge in [0, 0.05) is 22.6 Å².